The van der Waals surface area contributed by atoms with Gasteiger partial charge in [-0.2, -0.15) is 5.10 Å². The Bertz CT molecular complexity index is 1070. The lowest BCUT2D eigenvalue weighted by molar-refractivity contribution is -0.117. The number of aryl methyl sites for hydroxylation is 1. The Labute approximate surface area is 173 Å². The van der Waals surface area contributed by atoms with Gasteiger partial charge in [-0.25, -0.2) is 15.4 Å². The van der Waals surface area contributed by atoms with Crippen LogP contribution in [0.3, 0.4) is 0 Å². The van der Waals surface area contributed by atoms with Crippen molar-refractivity contribution in [3.63, 3.8) is 0 Å². The molecule has 1 heterocycles. The van der Waals surface area contributed by atoms with Gasteiger partial charge in [0.25, 0.3) is 11.8 Å². The van der Waals surface area contributed by atoms with Crippen LogP contribution in [0.25, 0.3) is 0 Å². The first-order valence-corrected chi connectivity index (χ1v) is 9.13. The summed E-state index contributed by atoms with van der Waals surface area (Å²) >= 11 is 0. The van der Waals surface area contributed by atoms with Gasteiger partial charge in [-0.05, 0) is 30.7 Å². The van der Waals surface area contributed by atoms with Crippen LogP contribution in [0.1, 0.15) is 21.6 Å². The molecule has 0 unspecified atom stereocenters. The molecule has 1 aromatic heterocycles. The summed E-state index contributed by atoms with van der Waals surface area (Å²) in [6.07, 6.45) is 4.42. The molecular formula is C22H20N6O2. The zero-order valence-corrected chi connectivity index (χ0v) is 16.2. The minimum absolute atomic E-state index is 0.0424. The molecular weight excluding hydrogens is 380 g/mol. The van der Waals surface area contributed by atoms with E-state index in [1.807, 2.05) is 37.3 Å². The van der Waals surface area contributed by atoms with Gasteiger partial charge in [0.15, 0.2) is 0 Å². The number of rotatable bonds is 7. The van der Waals surface area contributed by atoms with Gasteiger partial charge < -0.3 is 10.6 Å². The Hall–Kier alpha value is -4.33. The lowest BCUT2D eigenvalue weighted by Crippen LogP contribution is -2.33. The van der Waals surface area contributed by atoms with Crippen LogP contribution in [0.2, 0.25) is 0 Å². The van der Waals surface area contributed by atoms with Gasteiger partial charge in [0.1, 0.15) is 5.70 Å². The number of carbonyl (C=O) groups is 2. The lowest BCUT2D eigenvalue weighted by atomic mass is 10.2. The summed E-state index contributed by atoms with van der Waals surface area (Å²) in [5.74, 6) is -0.746. The lowest BCUT2D eigenvalue weighted by Gasteiger charge is -2.09. The molecule has 0 saturated heterocycles. The minimum Gasteiger partial charge on any atom is -0.328 e. The fraction of sp³-hybridized carbons (Fsp3) is 0.0455. The van der Waals surface area contributed by atoms with Crippen molar-refractivity contribution < 1.29 is 9.59 Å². The third-order valence-electron chi connectivity index (χ3n) is 3.85. The smallest absolute Gasteiger partial charge is 0.289 e. The van der Waals surface area contributed by atoms with E-state index in [-0.39, 0.29) is 5.70 Å². The van der Waals surface area contributed by atoms with Gasteiger partial charge in [0.05, 0.1) is 6.21 Å². The van der Waals surface area contributed by atoms with Crippen LogP contribution >= 0.6 is 0 Å². The Kier molecular flexibility index (Phi) is 6.99. The number of hydrazone groups is 1. The summed E-state index contributed by atoms with van der Waals surface area (Å²) in [5, 5.41) is 9.34. The zero-order valence-electron chi connectivity index (χ0n) is 16.2. The van der Waals surface area contributed by atoms with Crippen LogP contribution in [-0.2, 0) is 4.79 Å². The molecule has 2 amide bonds. The van der Waals surface area contributed by atoms with E-state index in [2.05, 4.69) is 31.1 Å². The highest BCUT2D eigenvalue weighted by atomic mass is 16.2. The van der Waals surface area contributed by atoms with Crippen molar-refractivity contribution in [2.75, 3.05) is 5.32 Å². The minimum atomic E-state index is -0.605. The summed E-state index contributed by atoms with van der Waals surface area (Å²) in [4.78, 5) is 33.4. The third-order valence-corrected chi connectivity index (χ3v) is 3.85. The van der Waals surface area contributed by atoms with Gasteiger partial charge in [-0.1, -0.05) is 48.5 Å². The van der Waals surface area contributed by atoms with E-state index in [0.717, 1.165) is 11.3 Å². The van der Waals surface area contributed by atoms with E-state index in [1.165, 1.54) is 12.4 Å². The number of nitrogens with one attached hydrogen (secondary N) is 3. The molecule has 0 radical (unpaired) electrons. The second kappa shape index (κ2) is 10.3. The largest absolute Gasteiger partial charge is 0.328 e. The van der Waals surface area contributed by atoms with Crippen molar-refractivity contribution in [1.29, 1.82) is 0 Å². The van der Waals surface area contributed by atoms with Gasteiger partial charge in [-0.15, -0.1) is 0 Å². The highest BCUT2D eigenvalue weighted by molar-refractivity contribution is 6.03. The quantitative estimate of drug-likeness (QED) is 0.321. The molecule has 3 N–H and O–H groups in total. The Morgan fingerprint density at radius 2 is 1.67 bits per heavy atom. The molecule has 30 heavy (non-hydrogen) atoms. The van der Waals surface area contributed by atoms with Crippen LogP contribution in [-0.4, -0.2) is 28.0 Å². The van der Waals surface area contributed by atoms with Crippen molar-refractivity contribution in [3.8, 4) is 0 Å². The van der Waals surface area contributed by atoms with Crippen molar-refractivity contribution in [3.05, 3.63) is 102 Å². The first-order chi connectivity index (χ1) is 14.6. The molecule has 8 heteroatoms. The standard InChI is InChI=1S/C22H20N6O2/c1-16-12-13-23-22(26-16)24-15-19(27-20(29)18-10-6-3-7-11-18)21(30)28-25-14-17-8-4-2-5-9-17/h2-15H,1H3,(H,27,29)(H,28,30)(H,23,24,26)/b19-15+,25-14-. The molecule has 0 aliphatic heterocycles. The van der Waals surface area contributed by atoms with Crippen molar-refractivity contribution in [2.45, 2.75) is 6.92 Å². The first-order valence-electron chi connectivity index (χ1n) is 9.13. The first kappa shape index (κ1) is 20.4. The van der Waals surface area contributed by atoms with Crippen LogP contribution in [0.4, 0.5) is 5.95 Å². The maximum Gasteiger partial charge on any atom is 0.289 e. The highest BCUT2D eigenvalue weighted by Crippen LogP contribution is 2.03. The van der Waals surface area contributed by atoms with Gasteiger partial charge in [-0.3, -0.25) is 9.59 Å². The summed E-state index contributed by atoms with van der Waals surface area (Å²) in [5.41, 5.74) is 4.35. The highest BCUT2D eigenvalue weighted by Gasteiger charge is 2.14. The van der Waals surface area contributed by atoms with Crippen molar-refractivity contribution in [1.82, 2.24) is 20.7 Å². The maximum absolute atomic E-state index is 12.6. The third kappa shape index (κ3) is 6.10. The van der Waals surface area contributed by atoms with E-state index < -0.39 is 11.8 Å². The molecule has 0 spiro atoms. The molecule has 0 aliphatic carbocycles. The van der Waals surface area contributed by atoms with Crippen molar-refractivity contribution in [2.24, 2.45) is 5.10 Å². The second-order valence-corrected chi connectivity index (χ2v) is 6.15. The molecule has 0 saturated carbocycles. The van der Waals surface area contributed by atoms with E-state index in [1.54, 1.807) is 42.6 Å². The predicted molar refractivity (Wildman–Crippen MR) is 115 cm³/mol. The SMILES string of the molecule is Cc1ccnc(N/C=C(/NC(=O)c2ccccc2)C(=O)N/N=C\c2ccccc2)n1. The van der Waals surface area contributed by atoms with Gasteiger partial charge in [0.2, 0.25) is 5.95 Å². The molecule has 2 aromatic carbocycles. The summed E-state index contributed by atoms with van der Waals surface area (Å²) < 4.78 is 0. The average Bonchev–Trinajstić information content (AvgIpc) is 2.77. The molecule has 0 aliphatic rings. The van der Waals surface area contributed by atoms with E-state index in [4.69, 9.17) is 0 Å². The number of benzene rings is 2. The van der Waals surface area contributed by atoms with Crippen LogP contribution in [0.5, 0.6) is 0 Å². The maximum atomic E-state index is 12.6. The molecule has 0 fully saturated rings. The molecule has 3 aromatic rings. The van der Waals surface area contributed by atoms with Crippen LogP contribution in [0, 0.1) is 6.92 Å². The Balaban J connectivity index is 1.75. The number of hydrogen-bond acceptors (Lipinski definition) is 6. The molecule has 150 valence electrons. The Morgan fingerprint density at radius 1 is 0.967 bits per heavy atom. The summed E-state index contributed by atoms with van der Waals surface area (Å²) in [6, 6.07) is 19.6. The van der Waals surface area contributed by atoms with Crippen molar-refractivity contribution >= 4 is 24.0 Å². The summed E-state index contributed by atoms with van der Waals surface area (Å²) in [7, 11) is 0. The van der Waals surface area contributed by atoms with E-state index >= 15 is 0 Å². The number of anilines is 1. The van der Waals surface area contributed by atoms with E-state index in [9.17, 15) is 9.59 Å². The number of aromatic nitrogens is 2. The molecule has 0 atom stereocenters. The van der Waals surface area contributed by atoms with Crippen LogP contribution in [0.15, 0.2) is 89.9 Å². The number of amides is 2. The summed E-state index contributed by atoms with van der Waals surface area (Å²) in [6.45, 7) is 1.82. The second-order valence-electron chi connectivity index (χ2n) is 6.15. The monoisotopic (exact) mass is 400 g/mol. The van der Waals surface area contributed by atoms with Gasteiger partial charge >= 0.3 is 0 Å². The fourth-order valence-electron chi connectivity index (χ4n) is 2.36. The molecule has 8 nitrogen and oxygen atoms in total. The number of nitrogens with zero attached hydrogens (tertiary/aromatic N) is 3. The number of carbonyl (C=O) groups excluding carboxylic acids is 2. The van der Waals surface area contributed by atoms with Gasteiger partial charge in [0, 0.05) is 23.7 Å². The topological polar surface area (TPSA) is 108 Å². The molecule has 3 rings (SSSR count). The predicted octanol–water partition coefficient (Wildman–Crippen LogP) is 2.62. The number of hydrogen-bond donors (Lipinski definition) is 3. The van der Waals surface area contributed by atoms with Crippen LogP contribution < -0.4 is 16.1 Å². The average molecular weight is 400 g/mol. The van der Waals surface area contributed by atoms with E-state index in [0.29, 0.717) is 11.5 Å². The molecule has 0 bridgehead atoms. The fourth-order valence-corrected chi connectivity index (χ4v) is 2.36. The normalized spacial score (nSPS) is 11.2. The Morgan fingerprint density at radius 3 is 2.37 bits per heavy atom. The zero-order chi connectivity index (χ0) is 21.2.